The average Bonchev–Trinajstić information content (AvgIpc) is 2.49. The molecule has 1 aromatic carbocycles. The highest BCUT2D eigenvalue weighted by Crippen LogP contribution is 2.43. The van der Waals surface area contributed by atoms with Crippen molar-refractivity contribution in [3.05, 3.63) is 48.0 Å². The Hall–Kier alpha value is -4.38. The quantitative estimate of drug-likeness (QED) is 0.451. The Morgan fingerprint density at radius 2 is 0.857 bits per heavy atom. The smallest absolute Gasteiger partial charge is 0.100 e. The highest BCUT2D eigenvalue weighted by atomic mass is 15.2. The molecule has 0 aliphatic carbocycles. The van der Waals surface area contributed by atoms with Crippen LogP contribution >= 0.6 is 0 Å². The van der Waals surface area contributed by atoms with Gasteiger partial charge in [-0.2, -0.15) is 15.8 Å². The first-order valence-corrected chi connectivity index (χ1v) is 4.79. The van der Waals surface area contributed by atoms with Crippen molar-refractivity contribution in [2.75, 3.05) is 0 Å². The summed E-state index contributed by atoms with van der Waals surface area (Å²) in [6.07, 6.45) is 0. The first-order valence-electron chi connectivity index (χ1n) is 4.79. The molecule has 0 saturated carbocycles. The molecule has 21 heavy (non-hydrogen) atoms. The molecule has 0 bridgehead atoms. The molecule has 0 aliphatic heterocycles. The van der Waals surface area contributed by atoms with Gasteiger partial charge in [0.2, 0.25) is 0 Å². The van der Waals surface area contributed by atoms with Gasteiger partial charge >= 0.3 is 0 Å². The Bertz CT molecular complexity index is 745. The first-order chi connectivity index (χ1) is 10.2. The predicted molar refractivity (Wildman–Crippen MR) is 67.0 cm³/mol. The average molecular weight is 276 g/mol. The first kappa shape index (κ1) is 14.7. The summed E-state index contributed by atoms with van der Waals surface area (Å²) in [6.45, 7) is 0. The molecule has 0 radical (unpaired) electrons. The molecular formula is C9N12. The van der Waals surface area contributed by atoms with Crippen molar-refractivity contribution < 1.29 is 0 Å². The minimum Gasteiger partial charge on any atom is -0.192 e. The third-order valence-corrected chi connectivity index (χ3v) is 2.19. The standard InChI is InChI=1S/C9N12/c10-1-4-7(16-19-13)5(2-11)9(18-21-15)6(3-12)8(4)17-20-14. The third kappa shape index (κ3) is 2.42. The van der Waals surface area contributed by atoms with Crippen LogP contribution in [0.3, 0.4) is 0 Å². The fourth-order valence-electron chi connectivity index (χ4n) is 1.46. The van der Waals surface area contributed by atoms with E-state index in [-0.39, 0.29) is 0 Å². The van der Waals surface area contributed by atoms with Crippen molar-refractivity contribution in [2.24, 2.45) is 15.3 Å². The van der Waals surface area contributed by atoms with Crippen LogP contribution in [0, 0.1) is 34.0 Å². The normalized spacial score (nSPS) is 7.86. The maximum Gasteiger partial charge on any atom is 0.100 e. The Morgan fingerprint density at radius 1 is 0.619 bits per heavy atom. The van der Waals surface area contributed by atoms with Gasteiger partial charge in [-0.25, -0.2) is 0 Å². The fraction of sp³-hybridized carbons (Fsp3) is 0. The maximum absolute atomic E-state index is 9.07. The molecule has 0 heterocycles. The lowest BCUT2D eigenvalue weighted by Crippen LogP contribution is -1.90. The van der Waals surface area contributed by atoms with Crippen LogP contribution in [0.25, 0.3) is 31.3 Å². The van der Waals surface area contributed by atoms with Crippen LogP contribution in [-0.4, -0.2) is 0 Å². The van der Waals surface area contributed by atoms with Crippen LogP contribution in [0.1, 0.15) is 16.7 Å². The summed E-state index contributed by atoms with van der Waals surface area (Å²) in [4.78, 5) is 7.35. The highest BCUT2D eigenvalue weighted by Gasteiger charge is 2.22. The van der Waals surface area contributed by atoms with E-state index in [1.54, 1.807) is 18.2 Å². The summed E-state index contributed by atoms with van der Waals surface area (Å²) in [6, 6.07) is 4.76. The molecule has 0 amide bonds. The molecule has 0 fully saturated rings. The number of rotatable bonds is 3. The van der Waals surface area contributed by atoms with Crippen LogP contribution < -0.4 is 0 Å². The van der Waals surface area contributed by atoms with E-state index in [0.717, 1.165) is 0 Å². The van der Waals surface area contributed by atoms with E-state index >= 15 is 0 Å². The summed E-state index contributed by atoms with van der Waals surface area (Å²) in [5, 5.41) is 36.7. The summed E-state index contributed by atoms with van der Waals surface area (Å²) in [5.74, 6) is 0. The summed E-state index contributed by atoms with van der Waals surface area (Å²) in [5.41, 5.74) is 22.7. The van der Waals surface area contributed by atoms with E-state index in [4.69, 9.17) is 32.4 Å². The number of nitriles is 3. The number of nitrogens with zero attached hydrogens (tertiary/aromatic N) is 12. The van der Waals surface area contributed by atoms with Gasteiger partial charge in [0.15, 0.2) is 0 Å². The largest absolute Gasteiger partial charge is 0.192 e. The molecule has 96 valence electrons. The molecule has 0 N–H and O–H groups in total. The van der Waals surface area contributed by atoms with E-state index in [2.05, 4.69) is 30.1 Å². The second-order valence-corrected chi connectivity index (χ2v) is 3.07. The van der Waals surface area contributed by atoms with Crippen LogP contribution in [0.2, 0.25) is 0 Å². The Morgan fingerprint density at radius 3 is 1.00 bits per heavy atom. The van der Waals surface area contributed by atoms with E-state index < -0.39 is 33.8 Å². The van der Waals surface area contributed by atoms with Crippen LogP contribution in [0.4, 0.5) is 17.1 Å². The molecule has 0 aliphatic rings. The monoisotopic (exact) mass is 276 g/mol. The van der Waals surface area contributed by atoms with Gasteiger partial charge in [-0.15, -0.1) is 0 Å². The molecule has 12 heteroatoms. The zero-order valence-electron chi connectivity index (χ0n) is 9.87. The van der Waals surface area contributed by atoms with Gasteiger partial charge in [0.25, 0.3) is 0 Å². The van der Waals surface area contributed by atoms with Crippen LogP contribution in [-0.2, 0) is 0 Å². The second kappa shape index (κ2) is 6.53. The lowest BCUT2D eigenvalue weighted by Gasteiger charge is -2.09. The third-order valence-electron chi connectivity index (χ3n) is 2.19. The molecule has 0 saturated heterocycles. The minimum absolute atomic E-state index is 0.462. The lowest BCUT2D eigenvalue weighted by molar-refractivity contribution is 1.30. The predicted octanol–water partition coefficient (Wildman–Crippen LogP) is 4.13. The van der Waals surface area contributed by atoms with Gasteiger partial charge in [0, 0.05) is 14.7 Å². The molecule has 0 atom stereocenters. The van der Waals surface area contributed by atoms with Crippen molar-refractivity contribution in [3.8, 4) is 18.2 Å². The van der Waals surface area contributed by atoms with Gasteiger partial charge in [-0.1, -0.05) is 15.3 Å². The molecule has 0 aromatic heterocycles. The van der Waals surface area contributed by atoms with E-state index in [1.165, 1.54) is 0 Å². The van der Waals surface area contributed by atoms with Gasteiger partial charge < -0.3 is 0 Å². The maximum atomic E-state index is 9.07. The summed E-state index contributed by atoms with van der Waals surface area (Å²) in [7, 11) is 0. The highest BCUT2D eigenvalue weighted by molar-refractivity contribution is 5.86. The van der Waals surface area contributed by atoms with Crippen molar-refractivity contribution in [3.63, 3.8) is 0 Å². The number of hydrogen-bond acceptors (Lipinski definition) is 6. The lowest BCUT2D eigenvalue weighted by atomic mass is 9.99. The van der Waals surface area contributed by atoms with Crippen LogP contribution in [0.15, 0.2) is 15.3 Å². The molecule has 1 aromatic rings. The van der Waals surface area contributed by atoms with Gasteiger partial charge in [-0.3, -0.25) is 0 Å². The molecule has 0 spiro atoms. The fourth-order valence-corrected chi connectivity index (χ4v) is 1.46. The van der Waals surface area contributed by atoms with Gasteiger partial charge in [-0.05, 0) is 16.6 Å². The molecule has 0 unspecified atom stereocenters. The van der Waals surface area contributed by atoms with Gasteiger partial charge in [0.1, 0.15) is 18.2 Å². The Kier molecular flexibility index (Phi) is 4.56. The topological polar surface area (TPSA) is 218 Å². The summed E-state index contributed by atoms with van der Waals surface area (Å²) >= 11 is 0. The Labute approximate surface area is 115 Å². The zero-order valence-corrected chi connectivity index (χ0v) is 9.87. The molecule has 1 rings (SSSR count). The minimum atomic E-state index is -0.480. The SMILES string of the molecule is N#Cc1c(N=[N+]=[N-])c(C#N)c(N=[N+]=[N-])c(C#N)c1N=[N+]=[N-]. The van der Waals surface area contributed by atoms with Crippen molar-refractivity contribution in [1.82, 2.24) is 0 Å². The molecule has 12 nitrogen and oxygen atoms in total. The number of azide groups is 3. The van der Waals surface area contributed by atoms with Gasteiger partial charge in [0.05, 0.1) is 33.8 Å². The van der Waals surface area contributed by atoms with Crippen molar-refractivity contribution in [1.29, 1.82) is 15.8 Å². The van der Waals surface area contributed by atoms with Crippen molar-refractivity contribution in [2.45, 2.75) is 0 Å². The number of hydrogen-bond donors (Lipinski definition) is 0. The van der Waals surface area contributed by atoms with E-state index in [1.807, 2.05) is 0 Å². The summed E-state index contributed by atoms with van der Waals surface area (Å²) < 4.78 is 0. The molecular weight excluding hydrogens is 276 g/mol. The van der Waals surface area contributed by atoms with E-state index in [0.29, 0.717) is 0 Å². The second-order valence-electron chi connectivity index (χ2n) is 3.07. The number of benzene rings is 1. The Balaban J connectivity index is 4.29. The zero-order chi connectivity index (χ0) is 15.8. The van der Waals surface area contributed by atoms with E-state index in [9.17, 15) is 0 Å². The van der Waals surface area contributed by atoms with Crippen molar-refractivity contribution >= 4 is 17.1 Å². The van der Waals surface area contributed by atoms with Crippen LogP contribution in [0.5, 0.6) is 0 Å².